The third kappa shape index (κ3) is 9.41. The highest BCUT2D eigenvalue weighted by atomic mass is 32.2. The molecule has 1 heterocycles. The number of rotatable bonds is 14. The number of carbonyl (C=O) groups excluding carboxylic acids is 3. The van der Waals surface area contributed by atoms with Crippen LogP contribution in [0.15, 0.2) is 12.5 Å². The molecule has 0 spiro atoms. The van der Waals surface area contributed by atoms with Gasteiger partial charge in [-0.2, -0.15) is 37.0 Å². The molecule has 1 aromatic rings. The number of aromatic amines is 1. The van der Waals surface area contributed by atoms with Crippen LogP contribution >= 0.6 is 37.0 Å². The summed E-state index contributed by atoms with van der Waals surface area (Å²) in [7, 11) is 0. The Labute approximate surface area is 195 Å². The molecule has 1 rings (SSSR count). The third-order valence-electron chi connectivity index (χ3n) is 4.19. The highest BCUT2D eigenvalue weighted by Gasteiger charge is 2.29. The van der Waals surface area contributed by atoms with Crippen LogP contribution in [0, 0.1) is 0 Å². The maximum absolute atomic E-state index is 12.8. The second-order valence-corrected chi connectivity index (χ2v) is 8.27. The van der Waals surface area contributed by atoms with Crippen molar-refractivity contribution in [2.75, 3.05) is 23.5 Å². The van der Waals surface area contributed by atoms with Gasteiger partial charge in [0.05, 0.1) is 12.4 Å². The minimum atomic E-state index is -1.22. The smallest absolute Gasteiger partial charge is 0.326 e. The van der Waals surface area contributed by atoms with Crippen LogP contribution in [0.25, 0.3) is 0 Å². The van der Waals surface area contributed by atoms with Crippen molar-refractivity contribution in [2.24, 2.45) is 5.73 Å². The van der Waals surface area contributed by atoms with Gasteiger partial charge in [0.1, 0.15) is 18.1 Å². The molecule has 0 aliphatic heterocycles. The van der Waals surface area contributed by atoms with Gasteiger partial charge in [0.2, 0.25) is 17.7 Å². The van der Waals surface area contributed by atoms with Crippen LogP contribution in [0.1, 0.15) is 12.1 Å². The van der Waals surface area contributed by atoms with Crippen LogP contribution in [0.5, 0.6) is 0 Å². The molecule has 4 atom stereocenters. The van der Waals surface area contributed by atoms with E-state index in [1.54, 1.807) is 0 Å². The summed E-state index contributed by atoms with van der Waals surface area (Å²) in [5, 5.41) is 16.9. The number of carboxylic acid groups (broad SMARTS) is 1. The number of imidazole rings is 1. The van der Waals surface area contributed by atoms with Crippen molar-refractivity contribution < 1.29 is 24.3 Å². The van der Waals surface area contributed by atoms with E-state index in [-0.39, 0.29) is 24.3 Å². The van der Waals surface area contributed by atoms with Crippen molar-refractivity contribution in [3.05, 3.63) is 18.2 Å². The van der Waals surface area contributed by atoms with Crippen LogP contribution in [0.4, 0.5) is 0 Å². The lowest BCUT2D eigenvalue weighted by Gasteiger charge is -2.24. The normalized spacial score (nSPS) is 14.7. The van der Waals surface area contributed by atoms with E-state index in [9.17, 15) is 24.3 Å². The Morgan fingerprint density at radius 2 is 1.71 bits per heavy atom. The van der Waals surface area contributed by atoms with E-state index in [0.717, 1.165) is 0 Å². The first kappa shape index (κ1) is 27.1. The molecule has 0 radical (unpaired) electrons. The molecule has 174 valence electrons. The first-order valence-electron chi connectivity index (χ1n) is 9.30. The fraction of sp³-hybridized carbons (Fsp3) is 0.588. The van der Waals surface area contributed by atoms with Gasteiger partial charge in [-0.05, 0) is 18.4 Å². The SMILES string of the molecule is CSCCC(NC(=O)C(CS)NC(=O)C(N)CS)C(=O)NC(Cc1cnc[nH]1)C(=O)O. The van der Waals surface area contributed by atoms with Gasteiger partial charge in [-0.3, -0.25) is 14.4 Å². The summed E-state index contributed by atoms with van der Waals surface area (Å²) in [5.74, 6) is -2.45. The molecule has 0 aliphatic rings. The molecular weight excluding hydrogens is 464 g/mol. The number of hydrogen-bond acceptors (Lipinski definition) is 9. The first-order valence-corrected chi connectivity index (χ1v) is 12.0. The molecule has 0 saturated carbocycles. The number of aromatic nitrogens is 2. The van der Waals surface area contributed by atoms with Gasteiger partial charge >= 0.3 is 5.97 Å². The number of carbonyl (C=O) groups is 4. The molecule has 31 heavy (non-hydrogen) atoms. The maximum atomic E-state index is 12.8. The number of thioether (sulfide) groups is 1. The van der Waals surface area contributed by atoms with Gasteiger partial charge in [0.25, 0.3) is 0 Å². The van der Waals surface area contributed by atoms with E-state index in [4.69, 9.17) is 5.73 Å². The van der Waals surface area contributed by atoms with Crippen LogP contribution < -0.4 is 21.7 Å². The zero-order valence-corrected chi connectivity index (χ0v) is 19.5. The van der Waals surface area contributed by atoms with E-state index in [0.29, 0.717) is 11.4 Å². The third-order valence-corrected chi connectivity index (χ3v) is 5.59. The zero-order valence-electron chi connectivity index (χ0n) is 16.9. The summed E-state index contributed by atoms with van der Waals surface area (Å²) < 4.78 is 0. The Hall–Kier alpha value is -1.90. The topological polar surface area (TPSA) is 179 Å². The number of thiol groups is 2. The number of nitrogens with zero attached hydrogens (tertiary/aromatic N) is 1. The van der Waals surface area contributed by atoms with E-state index in [1.807, 2.05) is 6.26 Å². The molecule has 0 bridgehead atoms. The molecule has 0 aliphatic carbocycles. The summed E-state index contributed by atoms with van der Waals surface area (Å²) >= 11 is 9.48. The van der Waals surface area contributed by atoms with Crippen LogP contribution in [0.3, 0.4) is 0 Å². The van der Waals surface area contributed by atoms with Gasteiger partial charge in [0.15, 0.2) is 0 Å². The van der Waals surface area contributed by atoms with Crippen LogP contribution in [0.2, 0.25) is 0 Å². The zero-order chi connectivity index (χ0) is 23.4. The van der Waals surface area contributed by atoms with E-state index >= 15 is 0 Å². The first-order chi connectivity index (χ1) is 14.7. The molecule has 3 amide bonds. The summed E-state index contributed by atoms with van der Waals surface area (Å²) in [5.41, 5.74) is 6.14. The molecule has 0 aromatic carbocycles. The lowest BCUT2D eigenvalue weighted by atomic mass is 10.1. The summed E-state index contributed by atoms with van der Waals surface area (Å²) in [6.07, 6.45) is 4.97. The fourth-order valence-electron chi connectivity index (χ4n) is 2.42. The average molecular weight is 493 g/mol. The van der Waals surface area contributed by atoms with Gasteiger partial charge in [-0.25, -0.2) is 9.78 Å². The quantitative estimate of drug-likeness (QED) is 0.143. The second kappa shape index (κ2) is 14.2. The maximum Gasteiger partial charge on any atom is 0.326 e. The Kier molecular flexibility index (Phi) is 12.4. The molecule has 0 fully saturated rings. The molecule has 1 aromatic heterocycles. The van der Waals surface area contributed by atoms with E-state index < -0.39 is 47.9 Å². The van der Waals surface area contributed by atoms with Crippen molar-refractivity contribution >= 4 is 60.7 Å². The molecule has 0 saturated heterocycles. The number of aliphatic carboxylic acids is 1. The standard InChI is InChI=1S/C17H28N6O5S3/c1-31-3-2-11(21-16(26)13(7-30)23-14(24)10(18)6-29)15(25)22-12(17(27)28)4-9-5-19-8-20-9/h5,8,10-13,29-30H,2-4,6-7,18H2,1H3,(H,19,20)(H,21,26)(H,22,25)(H,23,24)(H,27,28). The van der Waals surface area contributed by atoms with Crippen molar-refractivity contribution in [2.45, 2.75) is 37.0 Å². The predicted molar refractivity (Wildman–Crippen MR) is 124 cm³/mol. The van der Waals surface area contributed by atoms with Crippen molar-refractivity contribution in [1.29, 1.82) is 0 Å². The van der Waals surface area contributed by atoms with Crippen LogP contribution in [-0.4, -0.2) is 86.4 Å². The highest BCUT2D eigenvalue weighted by molar-refractivity contribution is 7.98. The number of amides is 3. The van der Waals surface area contributed by atoms with Gasteiger partial charge in [-0.15, -0.1) is 0 Å². The fourth-order valence-corrected chi connectivity index (χ4v) is 3.32. The molecule has 11 nitrogen and oxygen atoms in total. The summed E-state index contributed by atoms with van der Waals surface area (Å²) in [4.78, 5) is 55.5. The van der Waals surface area contributed by atoms with Gasteiger partial charge in [0, 0.05) is 29.8 Å². The summed E-state index contributed by atoms with van der Waals surface area (Å²) in [6.45, 7) is 0. The Balaban J connectivity index is 2.84. The minimum absolute atomic E-state index is 0.00120. The van der Waals surface area contributed by atoms with E-state index in [2.05, 4.69) is 51.2 Å². The molecular formula is C17H28N6O5S3. The largest absolute Gasteiger partial charge is 0.480 e. The van der Waals surface area contributed by atoms with E-state index in [1.165, 1.54) is 24.3 Å². The Morgan fingerprint density at radius 1 is 1.10 bits per heavy atom. The number of nitrogens with one attached hydrogen (secondary N) is 4. The lowest BCUT2D eigenvalue weighted by molar-refractivity contribution is -0.142. The summed E-state index contributed by atoms with van der Waals surface area (Å²) in [6, 6.07) is -4.13. The van der Waals surface area contributed by atoms with Crippen molar-refractivity contribution in [1.82, 2.24) is 25.9 Å². The predicted octanol–water partition coefficient (Wildman–Crippen LogP) is -1.57. The minimum Gasteiger partial charge on any atom is -0.480 e. The monoisotopic (exact) mass is 492 g/mol. The highest BCUT2D eigenvalue weighted by Crippen LogP contribution is 2.05. The van der Waals surface area contributed by atoms with Gasteiger partial charge < -0.3 is 31.8 Å². The van der Waals surface area contributed by atoms with Crippen molar-refractivity contribution in [3.8, 4) is 0 Å². The Morgan fingerprint density at radius 3 is 2.23 bits per heavy atom. The number of carboxylic acids is 1. The molecule has 14 heteroatoms. The average Bonchev–Trinajstić information content (AvgIpc) is 3.26. The van der Waals surface area contributed by atoms with Crippen molar-refractivity contribution in [3.63, 3.8) is 0 Å². The van der Waals surface area contributed by atoms with Gasteiger partial charge in [-0.1, -0.05) is 0 Å². The number of hydrogen-bond donors (Lipinski definition) is 8. The lowest BCUT2D eigenvalue weighted by Crippen LogP contribution is -2.58. The second-order valence-electron chi connectivity index (χ2n) is 6.56. The number of nitrogens with two attached hydrogens (primary N) is 1. The number of H-pyrrole nitrogens is 1. The molecule has 4 unspecified atom stereocenters. The molecule has 7 N–H and O–H groups in total. The Bertz CT molecular complexity index is 736. The van der Waals surface area contributed by atoms with Crippen LogP contribution in [-0.2, 0) is 25.6 Å².